The van der Waals surface area contributed by atoms with Gasteiger partial charge in [0, 0.05) is 48.1 Å². The molecular formula is C8H7IN2S. The standard InChI is InChI=1S/C8H7IN2S/c1-6-2-4-10-8-7(6)3-5-11(8)12-9/h2-5H,1H3. The molecule has 0 radical (unpaired) electrons. The van der Waals surface area contributed by atoms with E-state index in [9.17, 15) is 0 Å². The molecule has 0 atom stereocenters. The van der Waals surface area contributed by atoms with E-state index in [0.29, 0.717) is 0 Å². The van der Waals surface area contributed by atoms with Crippen molar-refractivity contribution in [2.75, 3.05) is 0 Å². The van der Waals surface area contributed by atoms with Crippen molar-refractivity contribution in [2.24, 2.45) is 0 Å². The first kappa shape index (κ1) is 8.37. The first-order chi connectivity index (χ1) is 5.83. The highest BCUT2D eigenvalue weighted by molar-refractivity contribution is 14.2. The van der Waals surface area contributed by atoms with E-state index in [1.807, 2.05) is 18.5 Å². The topological polar surface area (TPSA) is 17.8 Å². The van der Waals surface area contributed by atoms with E-state index < -0.39 is 0 Å². The van der Waals surface area contributed by atoms with Crippen LogP contribution in [0.15, 0.2) is 24.5 Å². The van der Waals surface area contributed by atoms with Crippen molar-refractivity contribution < 1.29 is 0 Å². The number of aryl methyl sites for hydroxylation is 1. The SMILES string of the molecule is Cc1ccnc2c1ccn2SI. The average molecular weight is 290 g/mol. The molecule has 0 amide bonds. The summed E-state index contributed by atoms with van der Waals surface area (Å²) >= 11 is 2.25. The van der Waals surface area contributed by atoms with Crippen molar-refractivity contribution in [1.29, 1.82) is 0 Å². The maximum Gasteiger partial charge on any atom is 0.150 e. The number of hydrogen-bond donors (Lipinski definition) is 0. The van der Waals surface area contributed by atoms with Crippen LogP contribution in [0.1, 0.15) is 5.56 Å². The van der Waals surface area contributed by atoms with Gasteiger partial charge >= 0.3 is 0 Å². The molecule has 0 aliphatic carbocycles. The minimum absolute atomic E-state index is 1.05. The Bertz CT molecular complexity index is 410. The van der Waals surface area contributed by atoms with Crippen molar-refractivity contribution in [1.82, 2.24) is 8.96 Å². The van der Waals surface area contributed by atoms with Gasteiger partial charge < -0.3 is 0 Å². The smallest absolute Gasteiger partial charge is 0.150 e. The van der Waals surface area contributed by atoms with E-state index in [1.165, 1.54) is 10.9 Å². The van der Waals surface area contributed by atoms with Crippen molar-refractivity contribution in [2.45, 2.75) is 6.92 Å². The number of hydrogen-bond acceptors (Lipinski definition) is 2. The molecule has 0 fully saturated rings. The van der Waals surface area contributed by atoms with Gasteiger partial charge in [-0.05, 0) is 24.6 Å². The van der Waals surface area contributed by atoms with Crippen molar-refractivity contribution >= 4 is 41.4 Å². The fraction of sp³-hybridized carbons (Fsp3) is 0.125. The highest BCUT2D eigenvalue weighted by Gasteiger charge is 2.02. The third-order valence-electron chi connectivity index (χ3n) is 1.85. The summed E-state index contributed by atoms with van der Waals surface area (Å²) in [6.07, 6.45) is 3.89. The van der Waals surface area contributed by atoms with Crippen LogP contribution >= 0.6 is 30.3 Å². The molecule has 2 rings (SSSR count). The Balaban J connectivity index is 2.80. The van der Waals surface area contributed by atoms with Gasteiger partial charge in [0.15, 0.2) is 5.65 Å². The molecular weight excluding hydrogens is 283 g/mol. The number of pyridine rings is 1. The lowest BCUT2D eigenvalue weighted by atomic mass is 10.2. The van der Waals surface area contributed by atoms with Crippen LogP contribution in [0.25, 0.3) is 11.0 Å². The lowest BCUT2D eigenvalue weighted by molar-refractivity contribution is 1.26. The third-order valence-corrected chi connectivity index (χ3v) is 3.56. The summed E-state index contributed by atoms with van der Waals surface area (Å²) < 4.78 is 2.06. The Morgan fingerprint density at radius 2 is 2.33 bits per heavy atom. The van der Waals surface area contributed by atoms with Crippen LogP contribution in [0.2, 0.25) is 0 Å². The molecule has 0 N–H and O–H groups in total. The minimum Gasteiger partial charge on any atom is -0.266 e. The molecule has 12 heavy (non-hydrogen) atoms. The monoisotopic (exact) mass is 290 g/mol. The van der Waals surface area contributed by atoms with Crippen LogP contribution in [0.4, 0.5) is 0 Å². The first-order valence-electron chi connectivity index (χ1n) is 3.54. The minimum atomic E-state index is 1.05. The van der Waals surface area contributed by atoms with E-state index in [-0.39, 0.29) is 0 Å². The van der Waals surface area contributed by atoms with Crippen LogP contribution in [0, 0.1) is 6.92 Å². The van der Waals surface area contributed by atoms with Gasteiger partial charge in [-0.25, -0.2) is 4.98 Å². The fourth-order valence-electron chi connectivity index (χ4n) is 1.21. The van der Waals surface area contributed by atoms with Gasteiger partial charge in [0.1, 0.15) is 0 Å². The zero-order valence-corrected chi connectivity index (χ0v) is 9.46. The Labute approximate surface area is 87.1 Å². The lowest BCUT2D eigenvalue weighted by Gasteiger charge is -1.97. The molecule has 0 spiro atoms. The van der Waals surface area contributed by atoms with Crippen LogP contribution in [-0.4, -0.2) is 8.96 Å². The summed E-state index contributed by atoms with van der Waals surface area (Å²) in [6.45, 7) is 2.10. The van der Waals surface area contributed by atoms with E-state index in [4.69, 9.17) is 0 Å². The molecule has 0 bridgehead atoms. The molecule has 2 nitrogen and oxygen atoms in total. The summed E-state index contributed by atoms with van der Waals surface area (Å²) in [6, 6.07) is 4.13. The number of halogens is 1. The normalized spacial score (nSPS) is 10.8. The molecule has 0 aliphatic rings. The third kappa shape index (κ3) is 1.22. The summed E-state index contributed by atoms with van der Waals surface area (Å²) in [5.74, 6) is 0. The largest absolute Gasteiger partial charge is 0.266 e. The quantitative estimate of drug-likeness (QED) is 0.751. The highest BCUT2D eigenvalue weighted by atomic mass is 127. The summed E-state index contributed by atoms with van der Waals surface area (Å²) in [7, 11) is 1.64. The zero-order valence-electron chi connectivity index (χ0n) is 6.49. The number of aromatic nitrogens is 2. The second-order valence-electron chi connectivity index (χ2n) is 2.58. The van der Waals surface area contributed by atoms with Crippen LogP contribution in [-0.2, 0) is 0 Å². The van der Waals surface area contributed by atoms with Gasteiger partial charge in [-0.2, -0.15) is 0 Å². The molecule has 0 aliphatic heterocycles. The summed E-state index contributed by atoms with van der Waals surface area (Å²) in [4.78, 5) is 4.31. The second kappa shape index (κ2) is 3.26. The second-order valence-corrected chi connectivity index (χ2v) is 4.29. The molecule has 0 unspecified atom stereocenters. The first-order valence-corrected chi connectivity index (χ1v) is 6.86. The zero-order chi connectivity index (χ0) is 8.55. The molecule has 0 aromatic carbocycles. The molecule has 2 aromatic heterocycles. The summed E-state index contributed by atoms with van der Waals surface area (Å²) in [5.41, 5.74) is 2.33. The molecule has 0 saturated heterocycles. The number of fused-ring (bicyclic) bond motifs is 1. The number of nitrogens with zero attached hydrogens (tertiary/aromatic N) is 2. The predicted molar refractivity (Wildman–Crippen MR) is 61.5 cm³/mol. The van der Waals surface area contributed by atoms with Gasteiger partial charge in [-0.1, -0.05) is 0 Å². The van der Waals surface area contributed by atoms with Gasteiger partial charge in [-0.3, -0.25) is 3.97 Å². The molecule has 2 aromatic rings. The Morgan fingerprint density at radius 3 is 3.08 bits per heavy atom. The van der Waals surface area contributed by atoms with Crippen LogP contribution < -0.4 is 0 Å². The summed E-state index contributed by atoms with van der Waals surface area (Å²) in [5, 5.41) is 1.24. The van der Waals surface area contributed by atoms with E-state index in [1.54, 1.807) is 9.12 Å². The van der Waals surface area contributed by atoms with Gasteiger partial charge in [0.05, 0.1) is 0 Å². The number of rotatable bonds is 1. The molecule has 4 heteroatoms. The van der Waals surface area contributed by atoms with E-state index >= 15 is 0 Å². The fourth-order valence-corrected chi connectivity index (χ4v) is 2.48. The van der Waals surface area contributed by atoms with Gasteiger partial charge in [-0.15, -0.1) is 0 Å². The predicted octanol–water partition coefficient (Wildman–Crippen LogP) is 3.19. The van der Waals surface area contributed by atoms with Crippen molar-refractivity contribution in [3.05, 3.63) is 30.1 Å². The average Bonchev–Trinajstić information content (AvgIpc) is 2.49. The lowest BCUT2D eigenvalue weighted by Crippen LogP contribution is -1.84. The van der Waals surface area contributed by atoms with E-state index in [0.717, 1.165) is 5.65 Å². The molecule has 62 valence electrons. The van der Waals surface area contributed by atoms with E-state index in [2.05, 4.69) is 43.2 Å². The Morgan fingerprint density at radius 1 is 1.50 bits per heavy atom. The molecule has 0 saturated carbocycles. The van der Waals surface area contributed by atoms with Crippen LogP contribution in [0.3, 0.4) is 0 Å². The van der Waals surface area contributed by atoms with Crippen molar-refractivity contribution in [3.8, 4) is 0 Å². The van der Waals surface area contributed by atoms with Gasteiger partial charge in [0.2, 0.25) is 0 Å². The Kier molecular flexibility index (Phi) is 2.27. The molecule has 2 heterocycles. The maximum absolute atomic E-state index is 4.31. The highest BCUT2D eigenvalue weighted by Crippen LogP contribution is 2.24. The van der Waals surface area contributed by atoms with Gasteiger partial charge in [0.25, 0.3) is 0 Å². The Hall–Kier alpha value is -0.230. The van der Waals surface area contributed by atoms with Crippen LogP contribution in [0.5, 0.6) is 0 Å². The maximum atomic E-state index is 4.31. The van der Waals surface area contributed by atoms with Crippen molar-refractivity contribution in [3.63, 3.8) is 0 Å².